The molecule has 2 aromatic carbocycles. The maximum atomic E-state index is 10.6. The van der Waals surface area contributed by atoms with E-state index in [2.05, 4.69) is 5.32 Å². The number of aliphatic hydroxyl groups is 2. The Bertz CT molecular complexity index is 1030. The molecule has 166 valence electrons. The van der Waals surface area contributed by atoms with E-state index in [0.29, 0.717) is 38.8 Å². The molecule has 0 radical (unpaired) electrons. The number of phenols is 1. The lowest BCUT2D eigenvalue weighted by molar-refractivity contribution is 0.126. The van der Waals surface area contributed by atoms with Gasteiger partial charge in [0.2, 0.25) is 0 Å². The van der Waals surface area contributed by atoms with Crippen molar-refractivity contribution in [2.45, 2.75) is 57.6 Å². The van der Waals surface area contributed by atoms with Gasteiger partial charge in [-0.25, -0.2) is 0 Å². The summed E-state index contributed by atoms with van der Waals surface area (Å²) in [7, 11) is 0. The number of aromatic hydroxyl groups is 1. The first kappa shape index (κ1) is 15.0. The summed E-state index contributed by atoms with van der Waals surface area (Å²) < 4.78 is 68.1. The van der Waals surface area contributed by atoms with Gasteiger partial charge in [0, 0.05) is 25.3 Å². The Balaban J connectivity index is 1.70. The largest absolute Gasteiger partial charge is 0.508 e. The summed E-state index contributed by atoms with van der Waals surface area (Å²) in [5.74, 6) is -1.08. The second-order valence-corrected chi connectivity index (χ2v) is 6.96. The number of unbranched alkanes of at least 4 members (excludes halogenated alkanes) is 3. The molecule has 2 aromatic rings. The summed E-state index contributed by atoms with van der Waals surface area (Å²) in [6, 6.07) is 7.32. The van der Waals surface area contributed by atoms with Crippen LogP contribution >= 0.6 is 0 Å². The second-order valence-electron chi connectivity index (χ2n) is 6.96. The number of nitrogens with one attached hydrogen (secondary N) is 1. The number of hydrogen-bond acceptors (Lipinski definition) is 5. The minimum absolute atomic E-state index is 0.299. The summed E-state index contributed by atoms with van der Waals surface area (Å²) >= 11 is 0. The van der Waals surface area contributed by atoms with Gasteiger partial charge in [-0.05, 0) is 61.9 Å². The summed E-state index contributed by atoms with van der Waals surface area (Å²) in [4.78, 5) is 0. The third kappa shape index (κ3) is 9.72. The molecule has 0 spiro atoms. The highest BCUT2D eigenvalue weighted by atomic mass is 16.5. The zero-order valence-corrected chi connectivity index (χ0v) is 17.2. The Kier molecular flexibility index (Phi) is 7.47. The van der Waals surface area contributed by atoms with Crippen molar-refractivity contribution in [2.24, 2.45) is 0 Å². The highest BCUT2D eigenvalue weighted by molar-refractivity contribution is 5.36. The van der Waals surface area contributed by atoms with Gasteiger partial charge in [0.15, 0.2) is 0 Å². The molecule has 0 aliphatic carbocycles. The minimum atomic E-state index is -3.20. The number of aryl methyl sites for hydroxylation is 1. The smallest absolute Gasteiger partial charge is 0.121 e. The SMILES string of the molecule is [2H]c1c([2H])c(C([2H])(O)CNCCCCCCOC([2H])([2H])CCCc2ccccc2)c([2H])c(C([2H])([2H])O)c1O. The van der Waals surface area contributed by atoms with Crippen LogP contribution in [-0.4, -0.2) is 41.6 Å². The van der Waals surface area contributed by atoms with Crippen molar-refractivity contribution < 1.29 is 31.0 Å². The minimum Gasteiger partial charge on any atom is -0.508 e. The van der Waals surface area contributed by atoms with E-state index < -0.39 is 60.7 Å². The average Bonchev–Trinajstić information content (AvgIpc) is 2.81. The average molecular weight is 424 g/mol. The molecule has 0 fully saturated rings. The molecule has 1 atom stereocenters. The molecule has 0 amide bonds. The van der Waals surface area contributed by atoms with E-state index in [4.69, 9.17) is 15.7 Å². The maximum absolute atomic E-state index is 10.6. The fourth-order valence-corrected chi connectivity index (χ4v) is 2.85. The Morgan fingerprint density at radius 1 is 1.07 bits per heavy atom. The lowest BCUT2D eigenvalue weighted by atomic mass is 10.1. The molecule has 1 unspecified atom stereocenters. The maximum Gasteiger partial charge on any atom is 0.121 e. The summed E-state index contributed by atoms with van der Waals surface area (Å²) in [6.45, 7) is -4.61. The third-order valence-corrected chi connectivity index (χ3v) is 4.52. The topological polar surface area (TPSA) is 82.0 Å². The van der Waals surface area contributed by atoms with Crippen LogP contribution in [0.25, 0.3) is 0 Å². The highest BCUT2D eigenvalue weighted by Crippen LogP contribution is 2.22. The molecule has 0 aliphatic rings. The van der Waals surface area contributed by atoms with Crippen molar-refractivity contribution >= 4 is 0 Å². The van der Waals surface area contributed by atoms with Crippen molar-refractivity contribution in [3.8, 4) is 5.75 Å². The normalized spacial score (nSPS) is 18.1. The van der Waals surface area contributed by atoms with Crippen LogP contribution in [0.15, 0.2) is 48.5 Å². The lowest BCUT2D eigenvalue weighted by Gasteiger charge is -2.14. The van der Waals surface area contributed by atoms with Crippen LogP contribution in [0.3, 0.4) is 0 Å². The van der Waals surface area contributed by atoms with Crippen LogP contribution < -0.4 is 5.32 Å². The van der Waals surface area contributed by atoms with Crippen LogP contribution in [0.4, 0.5) is 0 Å². The molecular weight excluding hydrogens is 378 g/mol. The van der Waals surface area contributed by atoms with Crippen LogP contribution in [0.2, 0.25) is 0 Å². The molecule has 0 saturated carbocycles. The predicted molar refractivity (Wildman–Crippen MR) is 121 cm³/mol. The van der Waals surface area contributed by atoms with E-state index >= 15 is 0 Å². The van der Waals surface area contributed by atoms with Crippen LogP contribution in [0.5, 0.6) is 5.75 Å². The first-order valence-corrected chi connectivity index (χ1v) is 10.3. The Labute approximate surface area is 192 Å². The molecule has 5 heteroatoms. The number of hydrogen-bond donors (Lipinski definition) is 4. The fourth-order valence-electron chi connectivity index (χ4n) is 2.85. The third-order valence-electron chi connectivity index (χ3n) is 4.52. The molecule has 0 aliphatic heterocycles. The van der Waals surface area contributed by atoms with Gasteiger partial charge in [0.05, 0.1) is 23.6 Å². The lowest BCUT2D eigenvalue weighted by Crippen LogP contribution is -2.22. The van der Waals surface area contributed by atoms with Crippen LogP contribution in [0.1, 0.15) is 72.3 Å². The van der Waals surface area contributed by atoms with Gasteiger partial charge in [-0.1, -0.05) is 49.2 Å². The molecular formula is C25H37NO4. The van der Waals surface area contributed by atoms with Crippen molar-refractivity contribution in [1.29, 1.82) is 0 Å². The van der Waals surface area contributed by atoms with Gasteiger partial charge in [-0.15, -0.1) is 0 Å². The molecule has 0 aromatic heterocycles. The molecule has 30 heavy (non-hydrogen) atoms. The van der Waals surface area contributed by atoms with Crippen molar-refractivity contribution in [2.75, 3.05) is 26.3 Å². The second kappa shape index (κ2) is 15.0. The van der Waals surface area contributed by atoms with Crippen molar-refractivity contribution in [3.63, 3.8) is 0 Å². The van der Waals surface area contributed by atoms with Gasteiger partial charge >= 0.3 is 0 Å². The zero-order chi connectivity index (χ0) is 28.6. The zero-order valence-electron chi connectivity index (χ0n) is 25.2. The quantitative estimate of drug-likeness (QED) is 0.306. The Hall–Kier alpha value is -1.92. The molecule has 0 heterocycles. The first-order valence-electron chi connectivity index (χ1n) is 14.3. The van der Waals surface area contributed by atoms with E-state index in [9.17, 15) is 15.3 Å². The molecule has 5 nitrogen and oxygen atoms in total. The molecule has 0 bridgehead atoms. The fraction of sp³-hybridized carbons (Fsp3) is 0.520. The van der Waals surface area contributed by atoms with Gasteiger partial charge < -0.3 is 25.4 Å². The monoisotopic (exact) mass is 423 g/mol. The summed E-state index contributed by atoms with van der Waals surface area (Å²) in [6.07, 6.45) is 2.15. The van der Waals surface area contributed by atoms with E-state index in [-0.39, 0.29) is 0 Å². The number of benzene rings is 2. The molecule has 4 N–H and O–H groups in total. The van der Waals surface area contributed by atoms with Crippen LogP contribution in [-0.2, 0) is 17.7 Å². The Morgan fingerprint density at radius 2 is 1.87 bits per heavy atom. The highest BCUT2D eigenvalue weighted by Gasteiger charge is 2.09. The number of rotatable bonds is 16. The van der Waals surface area contributed by atoms with Gasteiger partial charge in [0.25, 0.3) is 0 Å². The summed E-state index contributed by atoms with van der Waals surface area (Å²) in [5.41, 5.74) is -0.485. The standard InChI is InChI=1S/C25H37NO4/c27-20-23-18-22(13-14-24(23)28)25(29)19-26-15-7-1-2-8-16-30-17-9-6-12-21-10-4-3-5-11-21/h3-5,10-11,13-14,18,25-29H,1-2,6-9,12,15-17,19-20H2/i13D,14D,17D2,18D,20D2,25D. The van der Waals surface area contributed by atoms with E-state index in [1.54, 1.807) is 0 Å². The van der Waals surface area contributed by atoms with Gasteiger partial charge in [-0.3, -0.25) is 0 Å². The first-order chi connectivity index (χ1) is 17.7. The van der Waals surface area contributed by atoms with Gasteiger partial charge in [-0.2, -0.15) is 0 Å². The molecule has 0 saturated heterocycles. The van der Waals surface area contributed by atoms with E-state index in [1.165, 1.54) is 5.56 Å². The van der Waals surface area contributed by atoms with Gasteiger partial charge in [0.1, 0.15) is 5.75 Å². The van der Waals surface area contributed by atoms with Crippen LogP contribution in [0, 0.1) is 0 Å². The van der Waals surface area contributed by atoms with E-state index in [1.807, 2.05) is 30.3 Å². The molecule has 2 rings (SSSR count). The van der Waals surface area contributed by atoms with Crippen molar-refractivity contribution in [1.82, 2.24) is 5.32 Å². The van der Waals surface area contributed by atoms with E-state index in [0.717, 1.165) is 19.3 Å². The van der Waals surface area contributed by atoms with Crippen molar-refractivity contribution in [3.05, 3.63) is 65.1 Å². The predicted octanol–water partition coefficient (Wildman–Crippen LogP) is 4.11. The summed E-state index contributed by atoms with van der Waals surface area (Å²) in [5, 5.41) is 33.0. The number of ether oxygens (including phenoxy) is 1. The Morgan fingerprint density at radius 3 is 2.67 bits per heavy atom.